The lowest BCUT2D eigenvalue weighted by Gasteiger charge is -2.26. The van der Waals surface area contributed by atoms with Crippen LogP contribution in [0, 0.1) is 0 Å². The van der Waals surface area contributed by atoms with E-state index >= 15 is 0 Å². The second-order valence-electron chi connectivity index (χ2n) is 6.33. The van der Waals surface area contributed by atoms with Crippen LogP contribution in [0.15, 0.2) is 29.4 Å². The second kappa shape index (κ2) is 12.1. The van der Waals surface area contributed by atoms with Crippen LogP contribution in [0.25, 0.3) is 5.65 Å². The third-order valence-corrected chi connectivity index (χ3v) is 4.40. The van der Waals surface area contributed by atoms with Gasteiger partial charge >= 0.3 is 0 Å². The van der Waals surface area contributed by atoms with Gasteiger partial charge in [0.15, 0.2) is 17.4 Å². The van der Waals surface area contributed by atoms with Crippen molar-refractivity contribution in [2.45, 2.75) is 26.3 Å². The Hall–Kier alpha value is -1.46. The predicted octanol–water partition coefficient (Wildman–Crippen LogP) is 1.51. The van der Waals surface area contributed by atoms with Crippen molar-refractivity contribution in [2.75, 3.05) is 45.9 Å². The number of morpholine rings is 1. The third-order valence-electron chi connectivity index (χ3n) is 4.40. The van der Waals surface area contributed by atoms with Gasteiger partial charge in [-0.3, -0.25) is 9.30 Å². The highest BCUT2D eigenvalue weighted by atomic mass is 127. The summed E-state index contributed by atoms with van der Waals surface area (Å²) in [5.41, 5.74) is 0.846. The Kier molecular flexibility index (Phi) is 9.78. The summed E-state index contributed by atoms with van der Waals surface area (Å²) in [6.07, 6.45) is 4.27. The number of guanidine groups is 1. The molecule has 1 aliphatic heterocycles. The summed E-state index contributed by atoms with van der Waals surface area (Å²) in [5, 5.41) is 15.1. The van der Waals surface area contributed by atoms with Crippen molar-refractivity contribution < 1.29 is 4.74 Å². The van der Waals surface area contributed by atoms with E-state index in [1.54, 1.807) is 0 Å². The van der Waals surface area contributed by atoms with E-state index in [1.165, 1.54) is 6.42 Å². The number of ether oxygens (including phenoxy) is 1. The average Bonchev–Trinajstić information content (AvgIpc) is 3.10. The Morgan fingerprint density at radius 1 is 1.19 bits per heavy atom. The number of pyridine rings is 1. The first kappa shape index (κ1) is 21.8. The molecule has 0 saturated carbocycles. The van der Waals surface area contributed by atoms with Crippen LogP contribution < -0.4 is 10.6 Å². The quantitative estimate of drug-likeness (QED) is 0.255. The van der Waals surface area contributed by atoms with E-state index in [1.807, 2.05) is 28.8 Å². The maximum atomic E-state index is 5.38. The average molecular weight is 487 g/mol. The molecule has 1 fully saturated rings. The number of nitrogens with zero attached hydrogens (tertiary/aromatic N) is 5. The lowest BCUT2D eigenvalue weighted by molar-refractivity contribution is 0.0372. The van der Waals surface area contributed by atoms with Crippen LogP contribution in [0.4, 0.5) is 0 Å². The molecule has 0 aromatic carbocycles. The normalized spacial score (nSPS) is 15.5. The summed E-state index contributed by atoms with van der Waals surface area (Å²) >= 11 is 0. The molecule has 27 heavy (non-hydrogen) atoms. The lowest BCUT2D eigenvalue weighted by Crippen LogP contribution is -2.39. The van der Waals surface area contributed by atoms with Gasteiger partial charge in [-0.2, -0.15) is 0 Å². The molecule has 2 N–H and O–H groups in total. The van der Waals surface area contributed by atoms with E-state index in [4.69, 9.17) is 4.74 Å². The molecule has 1 saturated heterocycles. The Labute approximate surface area is 177 Å². The smallest absolute Gasteiger partial charge is 0.191 e. The van der Waals surface area contributed by atoms with Gasteiger partial charge in [0, 0.05) is 32.4 Å². The first-order valence-electron chi connectivity index (χ1n) is 9.47. The maximum Gasteiger partial charge on any atom is 0.191 e. The molecule has 3 rings (SSSR count). The number of halogens is 1. The molecule has 0 atom stereocenters. The molecular formula is C18H30IN7O. The minimum absolute atomic E-state index is 0. The number of fused-ring (bicyclic) bond motifs is 1. The fraction of sp³-hybridized carbons (Fsp3) is 0.611. The zero-order valence-corrected chi connectivity index (χ0v) is 18.3. The van der Waals surface area contributed by atoms with Gasteiger partial charge in [0.25, 0.3) is 0 Å². The van der Waals surface area contributed by atoms with Crippen molar-refractivity contribution in [3.63, 3.8) is 0 Å². The summed E-state index contributed by atoms with van der Waals surface area (Å²) in [7, 11) is 0. The largest absolute Gasteiger partial charge is 0.379 e. The Morgan fingerprint density at radius 2 is 2.04 bits per heavy atom. The summed E-state index contributed by atoms with van der Waals surface area (Å²) in [5.74, 6) is 1.66. The van der Waals surface area contributed by atoms with Crippen molar-refractivity contribution in [1.82, 2.24) is 30.1 Å². The van der Waals surface area contributed by atoms with E-state index in [9.17, 15) is 0 Å². The van der Waals surface area contributed by atoms with Crippen molar-refractivity contribution >= 4 is 35.6 Å². The molecule has 8 nitrogen and oxygen atoms in total. The number of unbranched alkanes of at least 4 members (excludes halogenated alkanes) is 1. The number of aromatic nitrogens is 3. The van der Waals surface area contributed by atoms with Gasteiger partial charge in [0.1, 0.15) is 6.54 Å². The number of hydrogen-bond donors (Lipinski definition) is 2. The minimum Gasteiger partial charge on any atom is -0.379 e. The van der Waals surface area contributed by atoms with Crippen LogP contribution in [-0.2, 0) is 11.3 Å². The van der Waals surface area contributed by atoms with Crippen LogP contribution in [0.2, 0.25) is 0 Å². The molecule has 0 radical (unpaired) electrons. The number of aliphatic imine (C=N–C) groups is 1. The molecule has 0 amide bonds. The number of rotatable bonds is 8. The summed E-state index contributed by atoms with van der Waals surface area (Å²) < 4.78 is 7.35. The fourth-order valence-electron chi connectivity index (χ4n) is 2.98. The first-order valence-corrected chi connectivity index (χ1v) is 9.47. The molecule has 0 spiro atoms. The second-order valence-corrected chi connectivity index (χ2v) is 6.33. The van der Waals surface area contributed by atoms with Crippen LogP contribution in [-0.4, -0.2) is 71.4 Å². The summed E-state index contributed by atoms with van der Waals surface area (Å²) in [6, 6.07) is 5.87. The van der Waals surface area contributed by atoms with Gasteiger partial charge in [-0.25, -0.2) is 4.99 Å². The van der Waals surface area contributed by atoms with Gasteiger partial charge in [-0.05, 0) is 38.4 Å². The lowest BCUT2D eigenvalue weighted by atomic mass is 10.3. The Bertz CT molecular complexity index is 700. The zero-order valence-electron chi connectivity index (χ0n) is 15.9. The minimum atomic E-state index is 0. The van der Waals surface area contributed by atoms with Gasteiger partial charge in [-0.1, -0.05) is 6.07 Å². The highest BCUT2D eigenvalue weighted by Gasteiger charge is 2.09. The van der Waals surface area contributed by atoms with Crippen molar-refractivity contribution in [3.05, 3.63) is 30.2 Å². The standard InChI is InChI=1S/C18H29N7O.HI/c1-2-19-18(20-8-4-6-9-24-11-13-26-14-12-24)21-15-17-23-22-16-7-3-5-10-25(16)17;/h3,5,7,10H,2,4,6,8-9,11-15H2,1H3,(H2,19,20,21);1H. The predicted molar refractivity (Wildman–Crippen MR) is 118 cm³/mol. The number of nitrogens with one attached hydrogen (secondary N) is 2. The summed E-state index contributed by atoms with van der Waals surface area (Å²) in [4.78, 5) is 7.11. The molecule has 2 aromatic heterocycles. The molecule has 0 aliphatic carbocycles. The SMILES string of the molecule is CCNC(=NCc1nnc2ccccn12)NCCCCN1CCOCC1.I. The van der Waals surface area contributed by atoms with E-state index in [0.717, 1.165) is 69.8 Å². The van der Waals surface area contributed by atoms with Crippen molar-refractivity contribution in [1.29, 1.82) is 0 Å². The molecule has 2 aromatic rings. The van der Waals surface area contributed by atoms with Crippen molar-refractivity contribution in [3.8, 4) is 0 Å². The van der Waals surface area contributed by atoms with E-state index in [-0.39, 0.29) is 24.0 Å². The van der Waals surface area contributed by atoms with Gasteiger partial charge in [0.05, 0.1) is 13.2 Å². The van der Waals surface area contributed by atoms with Gasteiger partial charge < -0.3 is 15.4 Å². The first-order chi connectivity index (χ1) is 12.9. The van der Waals surface area contributed by atoms with E-state index in [0.29, 0.717) is 6.54 Å². The number of hydrogen-bond acceptors (Lipinski definition) is 5. The van der Waals surface area contributed by atoms with E-state index < -0.39 is 0 Å². The Balaban J connectivity index is 0.00000261. The van der Waals surface area contributed by atoms with Gasteiger partial charge in [0.2, 0.25) is 0 Å². The Morgan fingerprint density at radius 3 is 2.85 bits per heavy atom. The third kappa shape index (κ3) is 6.89. The monoisotopic (exact) mass is 487 g/mol. The maximum absolute atomic E-state index is 5.38. The molecular weight excluding hydrogens is 457 g/mol. The van der Waals surface area contributed by atoms with Gasteiger partial charge in [-0.15, -0.1) is 34.2 Å². The van der Waals surface area contributed by atoms with Crippen molar-refractivity contribution in [2.24, 2.45) is 4.99 Å². The molecule has 3 heterocycles. The summed E-state index contributed by atoms with van der Waals surface area (Å²) in [6.45, 7) is 9.31. The fourth-order valence-corrected chi connectivity index (χ4v) is 2.98. The molecule has 150 valence electrons. The molecule has 1 aliphatic rings. The molecule has 9 heteroatoms. The highest BCUT2D eigenvalue weighted by molar-refractivity contribution is 14.0. The zero-order chi connectivity index (χ0) is 18.0. The topological polar surface area (TPSA) is 79.1 Å². The molecule has 0 bridgehead atoms. The van der Waals surface area contributed by atoms with Crippen LogP contribution >= 0.6 is 24.0 Å². The highest BCUT2D eigenvalue weighted by Crippen LogP contribution is 2.04. The van der Waals surface area contributed by atoms with E-state index in [2.05, 4.69) is 37.6 Å². The van der Waals surface area contributed by atoms with Crippen LogP contribution in [0.1, 0.15) is 25.6 Å². The van der Waals surface area contributed by atoms with Crippen LogP contribution in [0.3, 0.4) is 0 Å². The van der Waals surface area contributed by atoms with Crippen LogP contribution in [0.5, 0.6) is 0 Å². The molecule has 0 unspecified atom stereocenters.